The van der Waals surface area contributed by atoms with Crippen molar-refractivity contribution >= 4 is 32.6 Å². The fourth-order valence-corrected chi connectivity index (χ4v) is 3.74. The van der Waals surface area contributed by atoms with Crippen molar-refractivity contribution in [1.82, 2.24) is 9.80 Å². The van der Waals surface area contributed by atoms with Crippen LogP contribution < -0.4 is 0 Å². The Balaban J connectivity index is 1.37. The van der Waals surface area contributed by atoms with Gasteiger partial charge in [-0.15, -0.1) is 0 Å². The minimum absolute atomic E-state index is 0.128. The van der Waals surface area contributed by atoms with Crippen molar-refractivity contribution in [1.29, 1.82) is 0 Å². The van der Waals surface area contributed by atoms with Crippen molar-refractivity contribution in [2.24, 2.45) is 0 Å². The Morgan fingerprint density at radius 3 is 2.27 bits per heavy atom. The first kappa shape index (κ1) is 17.3. The Kier molecular flexibility index (Phi) is 5.05. The minimum Gasteiger partial charge on any atom is -0.336 e. The van der Waals surface area contributed by atoms with Gasteiger partial charge < -0.3 is 4.90 Å². The number of fused-ring (bicyclic) bond motifs is 1. The van der Waals surface area contributed by atoms with Crippen LogP contribution in [0.5, 0.6) is 0 Å². The number of nitrogens with zero attached hydrogens (tertiary/aromatic N) is 2. The monoisotopic (exact) mass is 408 g/mol. The summed E-state index contributed by atoms with van der Waals surface area (Å²) in [6, 6.07) is 22.7. The van der Waals surface area contributed by atoms with E-state index in [1.54, 1.807) is 0 Å². The van der Waals surface area contributed by atoms with Crippen molar-refractivity contribution in [2.45, 2.75) is 6.54 Å². The van der Waals surface area contributed by atoms with E-state index in [1.807, 2.05) is 29.2 Å². The van der Waals surface area contributed by atoms with Crippen molar-refractivity contribution < 1.29 is 4.79 Å². The molecule has 3 aromatic carbocycles. The molecule has 0 unspecified atom stereocenters. The molecule has 4 rings (SSSR count). The van der Waals surface area contributed by atoms with Crippen LogP contribution in [-0.4, -0.2) is 41.9 Å². The summed E-state index contributed by atoms with van der Waals surface area (Å²) >= 11 is 3.41. The molecule has 132 valence electrons. The highest BCUT2D eigenvalue weighted by Gasteiger charge is 2.22. The standard InChI is InChI=1S/C22H21BrN2O/c23-21-9-7-19(8-10-21)22(26)25-13-11-24(12-14-25)16-17-5-6-18-3-1-2-4-20(18)15-17/h1-10,15H,11-14,16H2. The van der Waals surface area contributed by atoms with E-state index in [-0.39, 0.29) is 5.91 Å². The Bertz CT molecular complexity index is 915. The smallest absolute Gasteiger partial charge is 0.253 e. The van der Waals surface area contributed by atoms with E-state index in [2.05, 4.69) is 63.3 Å². The summed E-state index contributed by atoms with van der Waals surface area (Å²) in [6.07, 6.45) is 0. The van der Waals surface area contributed by atoms with Gasteiger partial charge in [-0.3, -0.25) is 9.69 Å². The molecule has 0 N–H and O–H groups in total. The summed E-state index contributed by atoms with van der Waals surface area (Å²) in [5, 5.41) is 2.57. The third-order valence-corrected chi connectivity index (χ3v) is 5.50. The zero-order valence-electron chi connectivity index (χ0n) is 14.6. The molecule has 0 atom stereocenters. The van der Waals surface area contributed by atoms with Gasteiger partial charge in [0.25, 0.3) is 5.91 Å². The zero-order valence-corrected chi connectivity index (χ0v) is 16.2. The van der Waals surface area contributed by atoms with Crippen molar-refractivity contribution in [3.8, 4) is 0 Å². The third kappa shape index (κ3) is 3.81. The van der Waals surface area contributed by atoms with Gasteiger partial charge in [0.15, 0.2) is 0 Å². The molecular weight excluding hydrogens is 388 g/mol. The first-order chi connectivity index (χ1) is 12.7. The van der Waals surface area contributed by atoms with Crippen molar-refractivity contribution in [3.05, 3.63) is 82.3 Å². The molecule has 0 aliphatic carbocycles. The second kappa shape index (κ2) is 7.60. The molecule has 0 radical (unpaired) electrons. The van der Waals surface area contributed by atoms with Gasteiger partial charge in [-0.25, -0.2) is 0 Å². The van der Waals surface area contributed by atoms with Crippen LogP contribution in [0.3, 0.4) is 0 Å². The van der Waals surface area contributed by atoms with Gasteiger partial charge in [0.2, 0.25) is 0 Å². The minimum atomic E-state index is 0.128. The molecule has 3 aromatic rings. The predicted octanol–water partition coefficient (Wildman–Crippen LogP) is 4.56. The van der Waals surface area contributed by atoms with Gasteiger partial charge in [0, 0.05) is 42.8 Å². The van der Waals surface area contributed by atoms with E-state index in [9.17, 15) is 4.79 Å². The number of benzene rings is 3. The topological polar surface area (TPSA) is 23.6 Å². The van der Waals surface area contributed by atoms with E-state index >= 15 is 0 Å². The lowest BCUT2D eigenvalue weighted by molar-refractivity contribution is 0.0628. The number of hydrogen-bond donors (Lipinski definition) is 0. The summed E-state index contributed by atoms with van der Waals surface area (Å²) in [4.78, 5) is 17.0. The molecule has 1 aliphatic heterocycles. The van der Waals surface area contributed by atoms with Gasteiger partial charge in [-0.2, -0.15) is 0 Å². The van der Waals surface area contributed by atoms with Crippen LogP contribution in [0.2, 0.25) is 0 Å². The van der Waals surface area contributed by atoms with E-state index < -0.39 is 0 Å². The summed E-state index contributed by atoms with van der Waals surface area (Å²) < 4.78 is 0.995. The van der Waals surface area contributed by atoms with E-state index in [4.69, 9.17) is 0 Å². The number of carbonyl (C=O) groups excluding carboxylic acids is 1. The number of piperazine rings is 1. The first-order valence-electron chi connectivity index (χ1n) is 8.94. The van der Waals surface area contributed by atoms with Crippen molar-refractivity contribution in [3.63, 3.8) is 0 Å². The lowest BCUT2D eigenvalue weighted by Crippen LogP contribution is -2.48. The normalized spacial score (nSPS) is 15.3. The summed E-state index contributed by atoms with van der Waals surface area (Å²) in [5.41, 5.74) is 2.09. The van der Waals surface area contributed by atoms with Crippen molar-refractivity contribution in [2.75, 3.05) is 26.2 Å². The molecule has 26 heavy (non-hydrogen) atoms. The molecule has 0 bridgehead atoms. The number of hydrogen-bond acceptors (Lipinski definition) is 2. The van der Waals surface area contributed by atoms with E-state index in [1.165, 1.54) is 16.3 Å². The lowest BCUT2D eigenvalue weighted by Gasteiger charge is -2.34. The highest BCUT2D eigenvalue weighted by molar-refractivity contribution is 9.10. The van der Waals surface area contributed by atoms with Gasteiger partial charge >= 0.3 is 0 Å². The maximum atomic E-state index is 12.6. The second-order valence-corrected chi connectivity index (χ2v) is 7.67. The molecule has 0 spiro atoms. The van der Waals surface area contributed by atoms with Crippen LogP contribution in [0.25, 0.3) is 10.8 Å². The maximum Gasteiger partial charge on any atom is 0.253 e. The average molecular weight is 409 g/mol. The molecular formula is C22H21BrN2O. The van der Waals surface area contributed by atoms with Crippen LogP contribution in [0.4, 0.5) is 0 Å². The fraction of sp³-hybridized carbons (Fsp3) is 0.227. The molecule has 0 saturated carbocycles. The molecule has 4 heteroatoms. The quantitative estimate of drug-likeness (QED) is 0.633. The molecule has 1 heterocycles. The van der Waals surface area contributed by atoms with Crippen LogP contribution in [-0.2, 0) is 6.54 Å². The SMILES string of the molecule is O=C(c1ccc(Br)cc1)N1CCN(Cc2ccc3ccccc3c2)CC1. The zero-order chi connectivity index (χ0) is 17.9. The molecule has 1 aliphatic rings. The van der Waals surface area contributed by atoms with Gasteiger partial charge in [-0.05, 0) is 46.7 Å². The van der Waals surface area contributed by atoms with E-state index in [0.717, 1.165) is 42.8 Å². The Labute approximate surface area is 162 Å². The van der Waals surface area contributed by atoms with Crippen LogP contribution in [0.1, 0.15) is 15.9 Å². The highest BCUT2D eigenvalue weighted by Crippen LogP contribution is 2.18. The maximum absolute atomic E-state index is 12.6. The van der Waals surface area contributed by atoms with Gasteiger partial charge in [-0.1, -0.05) is 52.3 Å². The van der Waals surface area contributed by atoms with Gasteiger partial charge in [0.05, 0.1) is 0 Å². The lowest BCUT2D eigenvalue weighted by atomic mass is 10.1. The first-order valence-corrected chi connectivity index (χ1v) is 9.73. The number of halogens is 1. The summed E-state index contributed by atoms with van der Waals surface area (Å²) in [7, 11) is 0. The molecule has 0 aromatic heterocycles. The molecule has 1 amide bonds. The molecule has 3 nitrogen and oxygen atoms in total. The fourth-order valence-electron chi connectivity index (χ4n) is 3.48. The van der Waals surface area contributed by atoms with Gasteiger partial charge in [0.1, 0.15) is 0 Å². The van der Waals surface area contributed by atoms with Crippen LogP contribution in [0.15, 0.2) is 71.2 Å². The number of rotatable bonds is 3. The van der Waals surface area contributed by atoms with E-state index in [0.29, 0.717) is 0 Å². The number of carbonyl (C=O) groups is 1. The third-order valence-electron chi connectivity index (χ3n) is 4.97. The summed E-state index contributed by atoms with van der Waals surface area (Å²) in [5.74, 6) is 0.128. The summed E-state index contributed by atoms with van der Waals surface area (Å²) in [6.45, 7) is 4.32. The molecule has 1 fully saturated rings. The van der Waals surface area contributed by atoms with Crippen LogP contribution in [0, 0.1) is 0 Å². The van der Waals surface area contributed by atoms with Crippen LogP contribution >= 0.6 is 15.9 Å². The highest BCUT2D eigenvalue weighted by atomic mass is 79.9. The Hall–Kier alpha value is -2.17. The second-order valence-electron chi connectivity index (χ2n) is 6.76. The average Bonchev–Trinajstić information content (AvgIpc) is 2.68. The Morgan fingerprint density at radius 2 is 1.54 bits per heavy atom. The largest absolute Gasteiger partial charge is 0.336 e. The Morgan fingerprint density at radius 1 is 0.846 bits per heavy atom. The number of amides is 1. The predicted molar refractivity (Wildman–Crippen MR) is 109 cm³/mol. The molecule has 1 saturated heterocycles.